The van der Waals surface area contributed by atoms with E-state index in [1.165, 1.54) is 12.1 Å². The number of fused-ring (bicyclic) bond motifs is 1. The summed E-state index contributed by atoms with van der Waals surface area (Å²) in [6.07, 6.45) is 5.37. The van der Waals surface area contributed by atoms with E-state index >= 15 is 0 Å². The van der Waals surface area contributed by atoms with Crippen LogP contribution in [-0.4, -0.2) is 19.7 Å². The average molecular weight is 351 g/mol. The second kappa shape index (κ2) is 6.81. The van der Waals surface area contributed by atoms with Gasteiger partial charge in [0, 0.05) is 17.4 Å². The van der Waals surface area contributed by atoms with Crippen molar-refractivity contribution in [2.45, 2.75) is 0 Å². The Morgan fingerprint density at radius 3 is 2.43 bits per heavy atom. The Labute approximate surface area is 144 Å². The Hall–Kier alpha value is -2.37. The number of rotatable bonds is 2. The largest absolute Gasteiger partial charge is 0.299 e. The highest BCUT2D eigenvalue weighted by Gasteiger charge is 2.07. The van der Waals surface area contributed by atoms with Gasteiger partial charge in [0.1, 0.15) is 12.1 Å². The van der Waals surface area contributed by atoms with E-state index in [9.17, 15) is 4.39 Å². The van der Waals surface area contributed by atoms with Crippen LogP contribution in [0.4, 0.5) is 4.39 Å². The molecule has 4 aromatic rings. The summed E-state index contributed by atoms with van der Waals surface area (Å²) < 4.78 is 15.0. The summed E-state index contributed by atoms with van der Waals surface area (Å²) in [5.41, 5.74) is 4.82. The molecule has 0 fully saturated rings. The van der Waals surface area contributed by atoms with Crippen LogP contribution in [-0.2, 0) is 0 Å². The van der Waals surface area contributed by atoms with Gasteiger partial charge in [-0.25, -0.2) is 9.37 Å². The molecule has 2 aromatic heterocycles. The van der Waals surface area contributed by atoms with Gasteiger partial charge >= 0.3 is 0 Å². The first-order chi connectivity index (χ1) is 10.3. The molecule has 0 atom stereocenters. The van der Waals surface area contributed by atoms with Crippen LogP contribution in [0.3, 0.4) is 0 Å². The molecule has 4 rings (SSSR count). The van der Waals surface area contributed by atoms with Gasteiger partial charge in [0.25, 0.3) is 0 Å². The van der Waals surface area contributed by atoms with Crippen molar-refractivity contribution in [3.05, 3.63) is 67.0 Å². The summed E-state index contributed by atoms with van der Waals surface area (Å²) >= 11 is 0. The summed E-state index contributed by atoms with van der Waals surface area (Å²) in [5, 5.41) is 6.78. The van der Waals surface area contributed by atoms with Crippen molar-refractivity contribution < 1.29 is 4.39 Å². The first kappa shape index (κ1) is 17.0. The van der Waals surface area contributed by atoms with Crippen LogP contribution in [0.1, 0.15) is 0 Å². The molecule has 23 heavy (non-hydrogen) atoms. The number of halogens is 3. The molecule has 0 aliphatic heterocycles. The van der Waals surface area contributed by atoms with Crippen molar-refractivity contribution in [3.63, 3.8) is 0 Å². The van der Waals surface area contributed by atoms with Crippen molar-refractivity contribution >= 4 is 35.8 Å². The molecule has 2 heterocycles. The quantitative estimate of drug-likeness (QED) is 0.582. The molecule has 2 aromatic carbocycles. The Kier molecular flexibility index (Phi) is 5.03. The van der Waals surface area contributed by atoms with Crippen LogP contribution in [0.5, 0.6) is 0 Å². The lowest BCUT2D eigenvalue weighted by atomic mass is 10.1. The molecule has 1 N–H and O–H groups in total. The molecule has 0 unspecified atom stereocenters. The van der Waals surface area contributed by atoms with E-state index < -0.39 is 0 Å². The second-order valence-corrected chi connectivity index (χ2v) is 4.78. The van der Waals surface area contributed by atoms with Gasteiger partial charge in [0.05, 0.1) is 17.2 Å². The fourth-order valence-electron chi connectivity index (χ4n) is 2.40. The summed E-state index contributed by atoms with van der Waals surface area (Å²) in [7, 11) is 0. The number of aromatic nitrogens is 4. The number of imidazole rings is 1. The SMILES string of the molecule is Cl.Cl.Fc1ccc(-n2cnc3ccc(-c4cn[nH]c4)cc32)cc1. The molecule has 0 amide bonds. The summed E-state index contributed by atoms with van der Waals surface area (Å²) in [6.45, 7) is 0. The molecule has 0 spiro atoms. The maximum Gasteiger partial charge on any atom is 0.123 e. The van der Waals surface area contributed by atoms with Gasteiger partial charge in [-0.1, -0.05) is 6.07 Å². The number of nitrogens with zero attached hydrogens (tertiary/aromatic N) is 3. The summed E-state index contributed by atoms with van der Waals surface area (Å²) in [4.78, 5) is 4.39. The van der Waals surface area contributed by atoms with Gasteiger partial charge in [0.15, 0.2) is 0 Å². The minimum atomic E-state index is -0.248. The first-order valence-electron chi connectivity index (χ1n) is 6.53. The topological polar surface area (TPSA) is 46.5 Å². The minimum absolute atomic E-state index is 0. The summed E-state index contributed by atoms with van der Waals surface area (Å²) in [6, 6.07) is 12.4. The third-order valence-corrected chi connectivity index (χ3v) is 3.48. The second-order valence-electron chi connectivity index (χ2n) is 4.78. The number of nitrogens with one attached hydrogen (secondary N) is 1. The molecule has 0 bridgehead atoms. The lowest BCUT2D eigenvalue weighted by Gasteiger charge is -2.05. The zero-order valence-corrected chi connectivity index (χ0v) is 13.4. The molecular formula is C16H13Cl2FN4. The standard InChI is InChI=1S/C16H11FN4.2ClH/c17-13-2-4-14(5-3-13)21-10-18-15-6-1-11(7-16(15)21)12-8-19-20-9-12;;/h1-10H,(H,19,20);2*1H. The van der Waals surface area contributed by atoms with Crippen LogP contribution in [0, 0.1) is 5.82 Å². The van der Waals surface area contributed by atoms with E-state index in [1.807, 2.05) is 22.9 Å². The van der Waals surface area contributed by atoms with Crippen molar-refractivity contribution in [1.29, 1.82) is 0 Å². The maximum absolute atomic E-state index is 13.1. The van der Waals surface area contributed by atoms with E-state index in [4.69, 9.17) is 0 Å². The summed E-state index contributed by atoms with van der Waals surface area (Å²) in [5.74, 6) is -0.248. The highest BCUT2D eigenvalue weighted by Crippen LogP contribution is 2.25. The van der Waals surface area contributed by atoms with Gasteiger partial charge in [0.2, 0.25) is 0 Å². The van der Waals surface area contributed by atoms with Crippen LogP contribution in [0.2, 0.25) is 0 Å². The predicted octanol–water partition coefficient (Wildman–Crippen LogP) is 4.40. The fraction of sp³-hybridized carbons (Fsp3) is 0. The van der Waals surface area contributed by atoms with Crippen LogP contribution in [0.25, 0.3) is 27.8 Å². The molecule has 0 aliphatic carbocycles. The first-order valence-corrected chi connectivity index (χ1v) is 6.53. The van der Waals surface area contributed by atoms with Crippen LogP contribution < -0.4 is 0 Å². The third-order valence-electron chi connectivity index (χ3n) is 3.48. The number of H-pyrrole nitrogens is 1. The molecular weight excluding hydrogens is 338 g/mol. The predicted molar refractivity (Wildman–Crippen MR) is 93.1 cm³/mol. The Morgan fingerprint density at radius 2 is 1.74 bits per heavy atom. The fourth-order valence-corrected chi connectivity index (χ4v) is 2.40. The number of aromatic amines is 1. The smallest absolute Gasteiger partial charge is 0.123 e. The Bertz CT molecular complexity index is 902. The van der Waals surface area contributed by atoms with Crippen molar-refractivity contribution in [3.8, 4) is 16.8 Å². The highest BCUT2D eigenvalue weighted by atomic mass is 35.5. The molecule has 0 saturated heterocycles. The van der Waals surface area contributed by atoms with Gasteiger partial charge in [-0.05, 0) is 42.0 Å². The number of hydrogen-bond donors (Lipinski definition) is 1. The Balaban J connectivity index is 0.000000960. The Morgan fingerprint density at radius 1 is 0.957 bits per heavy atom. The molecule has 0 radical (unpaired) electrons. The van der Waals surface area contributed by atoms with E-state index in [2.05, 4.69) is 21.2 Å². The molecule has 0 saturated carbocycles. The molecule has 7 heteroatoms. The molecule has 0 aliphatic rings. The van der Waals surface area contributed by atoms with Gasteiger partial charge in [-0.15, -0.1) is 24.8 Å². The van der Waals surface area contributed by atoms with E-state index in [1.54, 1.807) is 24.7 Å². The normalized spacial score (nSPS) is 10.1. The minimum Gasteiger partial charge on any atom is -0.299 e. The maximum atomic E-state index is 13.1. The number of benzene rings is 2. The number of hydrogen-bond acceptors (Lipinski definition) is 2. The molecule has 4 nitrogen and oxygen atoms in total. The van der Waals surface area contributed by atoms with Gasteiger partial charge < -0.3 is 0 Å². The zero-order chi connectivity index (χ0) is 14.2. The molecule has 118 valence electrons. The monoisotopic (exact) mass is 350 g/mol. The highest BCUT2D eigenvalue weighted by molar-refractivity contribution is 5.85. The van der Waals surface area contributed by atoms with Crippen LogP contribution in [0.15, 0.2) is 61.2 Å². The zero-order valence-electron chi connectivity index (χ0n) is 11.8. The lowest BCUT2D eigenvalue weighted by Crippen LogP contribution is -1.92. The van der Waals surface area contributed by atoms with Crippen molar-refractivity contribution in [1.82, 2.24) is 19.7 Å². The van der Waals surface area contributed by atoms with E-state index in [-0.39, 0.29) is 30.6 Å². The van der Waals surface area contributed by atoms with E-state index in [0.717, 1.165) is 27.8 Å². The average Bonchev–Trinajstić information content (AvgIpc) is 3.17. The van der Waals surface area contributed by atoms with Crippen molar-refractivity contribution in [2.24, 2.45) is 0 Å². The van der Waals surface area contributed by atoms with Gasteiger partial charge in [-0.2, -0.15) is 5.10 Å². The van der Waals surface area contributed by atoms with E-state index in [0.29, 0.717) is 0 Å². The third kappa shape index (κ3) is 3.06. The lowest BCUT2D eigenvalue weighted by molar-refractivity contribution is 0.627. The van der Waals surface area contributed by atoms with Gasteiger partial charge in [-0.3, -0.25) is 9.67 Å². The van der Waals surface area contributed by atoms with Crippen molar-refractivity contribution in [2.75, 3.05) is 0 Å². The van der Waals surface area contributed by atoms with Crippen LogP contribution >= 0.6 is 24.8 Å².